The van der Waals surface area contributed by atoms with Crippen LogP contribution >= 0.6 is 0 Å². The van der Waals surface area contributed by atoms with Gasteiger partial charge in [-0.15, -0.1) is 0 Å². The van der Waals surface area contributed by atoms with Crippen LogP contribution in [0.15, 0.2) is 4.52 Å². The van der Waals surface area contributed by atoms with Crippen LogP contribution in [0.4, 0.5) is 0 Å². The van der Waals surface area contributed by atoms with E-state index in [2.05, 4.69) is 15.5 Å². The summed E-state index contributed by atoms with van der Waals surface area (Å²) in [5.74, 6) is 2.04. The average Bonchev–Trinajstić information content (AvgIpc) is 2.94. The van der Waals surface area contributed by atoms with Gasteiger partial charge in [-0.1, -0.05) is 5.16 Å². The second-order valence-electron chi connectivity index (χ2n) is 5.02. The molecule has 1 saturated carbocycles. The summed E-state index contributed by atoms with van der Waals surface area (Å²) in [4.78, 5) is 4.50. The van der Waals surface area contributed by atoms with Gasteiger partial charge < -0.3 is 19.3 Å². The molecule has 0 aromatic carbocycles. The van der Waals surface area contributed by atoms with Crippen LogP contribution in [0, 0.1) is 5.92 Å². The Balaban J connectivity index is 1.76. The predicted molar refractivity (Wildman–Crippen MR) is 63.2 cm³/mol. The van der Waals surface area contributed by atoms with Crippen LogP contribution in [-0.4, -0.2) is 43.6 Å². The molecule has 2 fully saturated rings. The van der Waals surface area contributed by atoms with E-state index in [0.717, 1.165) is 0 Å². The minimum Gasteiger partial charge on any atom is -0.379 e. The van der Waals surface area contributed by atoms with Crippen LogP contribution in [-0.2, 0) is 9.47 Å². The Hall–Kier alpha value is -0.980. The van der Waals surface area contributed by atoms with Crippen molar-refractivity contribution in [3.05, 3.63) is 11.7 Å². The molecule has 1 aromatic heterocycles. The quantitative estimate of drug-likeness (QED) is 0.839. The molecule has 3 unspecified atom stereocenters. The molecule has 100 valence electrons. The number of hydrogen-bond acceptors (Lipinski definition) is 6. The Morgan fingerprint density at radius 3 is 2.89 bits per heavy atom. The zero-order valence-corrected chi connectivity index (χ0v) is 10.8. The number of nitrogens with one attached hydrogen (secondary N) is 1. The number of methoxy groups -OCH3 is 1. The minimum atomic E-state index is -0.0159. The first-order chi connectivity index (χ1) is 8.83. The second kappa shape index (κ2) is 4.95. The summed E-state index contributed by atoms with van der Waals surface area (Å²) in [5.41, 5.74) is 0. The minimum absolute atomic E-state index is 0.0159. The van der Waals surface area contributed by atoms with E-state index in [9.17, 15) is 0 Å². The fraction of sp³-hybridized carbons (Fsp3) is 0.833. The first-order valence-corrected chi connectivity index (χ1v) is 6.44. The Morgan fingerprint density at radius 2 is 2.22 bits per heavy atom. The summed E-state index contributed by atoms with van der Waals surface area (Å²) in [5, 5.41) is 7.28. The first kappa shape index (κ1) is 12.1. The van der Waals surface area contributed by atoms with E-state index in [0.29, 0.717) is 30.8 Å². The average molecular weight is 253 g/mol. The van der Waals surface area contributed by atoms with Crippen molar-refractivity contribution >= 4 is 0 Å². The van der Waals surface area contributed by atoms with E-state index in [4.69, 9.17) is 14.0 Å². The van der Waals surface area contributed by atoms with Gasteiger partial charge in [0.2, 0.25) is 11.7 Å². The van der Waals surface area contributed by atoms with Crippen molar-refractivity contribution in [1.82, 2.24) is 15.5 Å². The third kappa shape index (κ3) is 2.15. The molecule has 0 spiro atoms. The fourth-order valence-corrected chi connectivity index (χ4v) is 2.50. The van der Waals surface area contributed by atoms with E-state index in [1.807, 2.05) is 7.05 Å². The van der Waals surface area contributed by atoms with Crippen molar-refractivity contribution in [3.8, 4) is 0 Å². The third-order valence-electron chi connectivity index (χ3n) is 3.78. The molecule has 1 N–H and O–H groups in total. The predicted octanol–water partition coefficient (Wildman–Crippen LogP) is 0.869. The third-order valence-corrected chi connectivity index (χ3v) is 3.78. The standard InChI is InChI=1S/C12H19N3O3/c1-13-9-6-17-5-8(9)12-14-11(15-18-12)10(16-2)7-3-4-7/h7-10,13H,3-6H2,1-2H3. The molecule has 1 saturated heterocycles. The van der Waals surface area contributed by atoms with Crippen LogP contribution in [0.3, 0.4) is 0 Å². The SMILES string of the molecule is CNC1COCC1c1nc(C(OC)C2CC2)no1. The van der Waals surface area contributed by atoms with Gasteiger partial charge in [0.25, 0.3) is 0 Å². The Morgan fingerprint density at radius 1 is 1.39 bits per heavy atom. The maximum Gasteiger partial charge on any atom is 0.233 e. The summed E-state index contributed by atoms with van der Waals surface area (Å²) >= 11 is 0. The van der Waals surface area contributed by atoms with Gasteiger partial charge >= 0.3 is 0 Å². The molecular formula is C12H19N3O3. The zero-order valence-electron chi connectivity index (χ0n) is 10.8. The van der Waals surface area contributed by atoms with Gasteiger partial charge in [-0.25, -0.2) is 0 Å². The van der Waals surface area contributed by atoms with Gasteiger partial charge in [0, 0.05) is 13.2 Å². The lowest BCUT2D eigenvalue weighted by Crippen LogP contribution is -2.31. The van der Waals surface area contributed by atoms with Crippen molar-refractivity contribution in [2.75, 3.05) is 27.4 Å². The van der Waals surface area contributed by atoms with E-state index in [1.54, 1.807) is 7.11 Å². The lowest BCUT2D eigenvalue weighted by Gasteiger charge is -2.12. The Labute approximate surface area is 106 Å². The zero-order chi connectivity index (χ0) is 12.5. The summed E-state index contributed by atoms with van der Waals surface area (Å²) in [6, 6.07) is 0.250. The maximum absolute atomic E-state index is 5.46. The molecule has 6 nitrogen and oxygen atoms in total. The summed E-state index contributed by atoms with van der Waals surface area (Å²) in [7, 11) is 3.62. The molecule has 2 heterocycles. The van der Waals surface area contributed by atoms with Gasteiger partial charge in [-0.05, 0) is 25.8 Å². The molecule has 1 aromatic rings. The molecule has 0 radical (unpaired) electrons. The van der Waals surface area contributed by atoms with E-state index in [1.165, 1.54) is 12.8 Å². The molecule has 1 aliphatic carbocycles. The molecule has 18 heavy (non-hydrogen) atoms. The number of rotatable bonds is 5. The maximum atomic E-state index is 5.46. The smallest absolute Gasteiger partial charge is 0.233 e. The summed E-state index contributed by atoms with van der Waals surface area (Å²) in [6.07, 6.45) is 2.36. The lowest BCUT2D eigenvalue weighted by atomic mass is 10.0. The highest BCUT2D eigenvalue weighted by Crippen LogP contribution is 2.42. The molecule has 1 aliphatic heterocycles. The van der Waals surface area contributed by atoms with Crippen LogP contribution in [0.25, 0.3) is 0 Å². The van der Waals surface area contributed by atoms with Crippen molar-refractivity contribution < 1.29 is 14.0 Å². The number of hydrogen-bond donors (Lipinski definition) is 1. The lowest BCUT2D eigenvalue weighted by molar-refractivity contribution is 0.0751. The molecule has 3 rings (SSSR count). The van der Waals surface area contributed by atoms with Gasteiger partial charge in [0.05, 0.1) is 19.1 Å². The monoisotopic (exact) mass is 253 g/mol. The van der Waals surface area contributed by atoms with Gasteiger partial charge in [-0.2, -0.15) is 4.98 Å². The van der Waals surface area contributed by atoms with Crippen LogP contribution in [0.2, 0.25) is 0 Å². The molecular weight excluding hydrogens is 234 g/mol. The number of aromatic nitrogens is 2. The van der Waals surface area contributed by atoms with E-state index < -0.39 is 0 Å². The normalized spacial score (nSPS) is 29.7. The summed E-state index contributed by atoms with van der Waals surface area (Å²) in [6.45, 7) is 1.32. The number of ether oxygens (including phenoxy) is 2. The van der Waals surface area contributed by atoms with Crippen molar-refractivity contribution in [3.63, 3.8) is 0 Å². The van der Waals surface area contributed by atoms with Gasteiger partial charge in [0.1, 0.15) is 6.10 Å². The van der Waals surface area contributed by atoms with E-state index >= 15 is 0 Å². The van der Waals surface area contributed by atoms with Crippen LogP contribution in [0.1, 0.15) is 36.6 Å². The first-order valence-electron chi connectivity index (χ1n) is 6.44. The van der Waals surface area contributed by atoms with Gasteiger partial charge in [0.15, 0.2) is 0 Å². The fourth-order valence-electron chi connectivity index (χ4n) is 2.50. The highest BCUT2D eigenvalue weighted by molar-refractivity contribution is 5.05. The Kier molecular flexibility index (Phi) is 3.32. The second-order valence-corrected chi connectivity index (χ2v) is 5.02. The highest BCUT2D eigenvalue weighted by atomic mass is 16.5. The number of likely N-dealkylation sites (N-methyl/N-ethyl adjacent to an activating group) is 1. The molecule has 2 aliphatic rings. The van der Waals surface area contributed by atoms with E-state index in [-0.39, 0.29) is 18.1 Å². The largest absolute Gasteiger partial charge is 0.379 e. The van der Waals surface area contributed by atoms with Crippen LogP contribution in [0.5, 0.6) is 0 Å². The topological polar surface area (TPSA) is 69.4 Å². The van der Waals surface area contributed by atoms with Crippen molar-refractivity contribution in [2.24, 2.45) is 5.92 Å². The molecule has 0 amide bonds. The molecule has 0 bridgehead atoms. The summed E-state index contributed by atoms with van der Waals surface area (Å²) < 4.78 is 16.3. The Bertz CT molecular complexity index is 405. The number of nitrogens with zero attached hydrogens (tertiary/aromatic N) is 2. The molecule has 3 atom stereocenters. The van der Waals surface area contributed by atoms with Crippen molar-refractivity contribution in [2.45, 2.75) is 30.9 Å². The van der Waals surface area contributed by atoms with Crippen LogP contribution < -0.4 is 5.32 Å². The highest BCUT2D eigenvalue weighted by Gasteiger charge is 2.38. The molecule has 6 heteroatoms. The van der Waals surface area contributed by atoms with Crippen molar-refractivity contribution in [1.29, 1.82) is 0 Å². The van der Waals surface area contributed by atoms with Gasteiger partial charge in [-0.3, -0.25) is 0 Å².